The summed E-state index contributed by atoms with van der Waals surface area (Å²) in [5.74, 6) is 0.852. The molecule has 3 aromatic heterocycles. The third-order valence-electron chi connectivity index (χ3n) is 4.11. The van der Waals surface area contributed by atoms with Gasteiger partial charge in [-0.05, 0) is 17.7 Å². The van der Waals surface area contributed by atoms with Crippen molar-refractivity contribution in [2.24, 2.45) is 0 Å². The first-order valence-corrected chi connectivity index (χ1v) is 8.58. The number of hydrogen-bond acceptors (Lipinski definition) is 4. The summed E-state index contributed by atoms with van der Waals surface area (Å²) in [5, 5.41) is 12.2. The van der Waals surface area contributed by atoms with Crippen LogP contribution in [0.3, 0.4) is 0 Å². The molecule has 0 aliphatic rings. The molecule has 0 saturated carbocycles. The largest absolute Gasteiger partial charge is 0.308 e. The van der Waals surface area contributed by atoms with Gasteiger partial charge in [0.1, 0.15) is 0 Å². The van der Waals surface area contributed by atoms with Crippen LogP contribution in [0.2, 0.25) is 0 Å². The molecule has 26 heavy (non-hydrogen) atoms. The Morgan fingerprint density at radius 3 is 2.62 bits per heavy atom. The lowest BCUT2D eigenvalue weighted by Gasteiger charge is -2.09. The SMILES string of the molecule is c1ccc(Cn2cc(CNCc3cccnc3-n3cccn3)cn2)cc1. The first-order valence-electron chi connectivity index (χ1n) is 8.58. The van der Waals surface area contributed by atoms with Gasteiger partial charge in [0.05, 0.1) is 12.7 Å². The fraction of sp³-hybridized carbons (Fsp3) is 0.150. The van der Waals surface area contributed by atoms with E-state index in [0.717, 1.165) is 30.0 Å². The first-order chi connectivity index (χ1) is 12.9. The molecule has 0 spiro atoms. The monoisotopic (exact) mass is 344 g/mol. The normalized spacial score (nSPS) is 10.9. The van der Waals surface area contributed by atoms with Crippen molar-refractivity contribution in [3.63, 3.8) is 0 Å². The molecule has 0 aliphatic carbocycles. The quantitative estimate of drug-likeness (QED) is 0.560. The fourth-order valence-electron chi connectivity index (χ4n) is 2.86. The van der Waals surface area contributed by atoms with Crippen molar-refractivity contribution in [3.05, 3.63) is 96.2 Å². The number of aromatic nitrogens is 5. The van der Waals surface area contributed by atoms with E-state index in [2.05, 4.69) is 44.9 Å². The molecule has 0 saturated heterocycles. The standard InChI is InChI=1S/C20H20N6/c1-2-6-17(7-3-1)15-25-16-18(13-24-25)12-21-14-19-8-4-9-22-20(19)26-11-5-10-23-26/h1-11,13,16,21H,12,14-15H2. The van der Waals surface area contributed by atoms with Crippen molar-refractivity contribution in [1.29, 1.82) is 0 Å². The van der Waals surface area contributed by atoms with E-state index < -0.39 is 0 Å². The van der Waals surface area contributed by atoms with Gasteiger partial charge < -0.3 is 5.32 Å². The van der Waals surface area contributed by atoms with Gasteiger partial charge in [-0.3, -0.25) is 4.68 Å². The Morgan fingerprint density at radius 2 is 1.77 bits per heavy atom. The maximum atomic E-state index is 4.45. The summed E-state index contributed by atoms with van der Waals surface area (Å²) < 4.78 is 3.75. The summed E-state index contributed by atoms with van der Waals surface area (Å²) in [4.78, 5) is 4.44. The van der Waals surface area contributed by atoms with Gasteiger partial charge in [0, 0.05) is 49.0 Å². The first kappa shape index (κ1) is 16.2. The summed E-state index contributed by atoms with van der Waals surface area (Å²) in [6, 6.07) is 16.2. The zero-order valence-electron chi connectivity index (χ0n) is 14.4. The third-order valence-corrected chi connectivity index (χ3v) is 4.11. The average Bonchev–Trinajstić information content (AvgIpc) is 3.35. The Labute approximate surface area is 152 Å². The highest BCUT2D eigenvalue weighted by molar-refractivity contribution is 5.32. The van der Waals surface area contributed by atoms with E-state index in [9.17, 15) is 0 Å². The van der Waals surface area contributed by atoms with Crippen molar-refractivity contribution < 1.29 is 0 Å². The predicted octanol–water partition coefficient (Wildman–Crippen LogP) is 2.80. The zero-order chi connectivity index (χ0) is 17.6. The lowest BCUT2D eigenvalue weighted by Crippen LogP contribution is -2.15. The van der Waals surface area contributed by atoms with Crippen LogP contribution in [0, 0.1) is 0 Å². The van der Waals surface area contributed by atoms with Crippen LogP contribution >= 0.6 is 0 Å². The minimum atomic E-state index is 0.715. The van der Waals surface area contributed by atoms with Gasteiger partial charge >= 0.3 is 0 Å². The van der Waals surface area contributed by atoms with Gasteiger partial charge in [0.2, 0.25) is 0 Å². The highest BCUT2D eigenvalue weighted by Crippen LogP contribution is 2.10. The molecule has 0 bridgehead atoms. The van der Waals surface area contributed by atoms with Crippen LogP contribution in [0.4, 0.5) is 0 Å². The number of pyridine rings is 1. The van der Waals surface area contributed by atoms with E-state index in [1.54, 1.807) is 17.1 Å². The molecule has 6 nitrogen and oxygen atoms in total. The molecule has 0 radical (unpaired) electrons. The topological polar surface area (TPSA) is 60.6 Å². The van der Waals surface area contributed by atoms with Crippen LogP contribution in [0.5, 0.6) is 0 Å². The maximum absolute atomic E-state index is 4.45. The number of nitrogens with one attached hydrogen (secondary N) is 1. The Kier molecular flexibility index (Phi) is 4.84. The summed E-state index contributed by atoms with van der Waals surface area (Å²) in [5.41, 5.74) is 3.51. The molecule has 0 atom stereocenters. The molecular formula is C20H20N6. The van der Waals surface area contributed by atoms with E-state index in [0.29, 0.717) is 6.54 Å². The van der Waals surface area contributed by atoms with E-state index in [4.69, 9.17) is 0 Å². The van der Waals surface area contributed by atoms with Gasteiger partial charge in [-0.15, -0.1) is 0 Å². The Bertz CT molecular complexity index is 943. The average molecular weight is 344 g/mol. The second kappa shape index (κ2) is 7.76. The lowest BCUT2D eigenvalue weighted by molar-refractivity contribution is 0.672. The maximum Gasteiger partial charge on any atom is 0.157 e. The van der Waals surface area contributed by atoms with Gasteiger partial charge in [-0.2, -0.15) is 10.2 Å². The smallest absolute Gasteiger partial charge is 0.157 e. The van der Waals surface area contributed by atoms with E-state index >= 15 is 0 Å². The van der Waals surface area contributed by atoms with E-state index in [-0.39, 0.29) is 0 Å². The molecule has 1 aromatic carbocycles. The third kappa shape index (κ3) is 3.87. The highest BCUT2D eigenvalue weighted by Gasteiger charge is 2.06. The molecule has 0 fully saturated rings. The van der Waals surface area contributed by atoms with Gasteiger partial charge in [0.15, 0.2) is 5.82 Å². The summed E-state index contributed by atoms with van der Waals surface area (Å²) >= 11 is 0. The molecule has 130 valence electrons. The number of hydrogen-bond donors (Lipinski definition) is 1. The number of benzene rings is 1. The van der Waals surface area contributed by atoms with E-state index in [1.165, 1.54) is 5.56 Å². The summed E-state index contributed by atoms with van der Waals surface area (Å²) in [6.45, 7) is 2.25. The second-order valence-electron chi connectivity index (χ2n) is 6.07. The van der Waals surface area contributed by atoms with Crippen LogP contribution in [-0.2, 0) is 19.6 Å². The Balaban J connectivity index is 1.36. The molecule has 4 rings (SSSR count). The van der Waals surface area contributed by atoms with Crippen LogP contribution in [0.25, 0.3) is 5.82 Å². The van der Waals surface area contributed by atoms with Gasteiger partial charge in [-0.1, -0.05) is 36.4 Å². The molecular weight excluding hydrogens is 324 g/mol. The molecule has 3 heterocycles. The summed E-state index contributed by atoms with van der Waals surface area (Å²) in [6.07, 6.45) is 9.44. The minimum Gasteiger partial charge on any atom is -0.308 e. The molecule has 0 unspecified atom stereocenters. The molecule has 6 heteroatoms. The molecule has 0 amide bonds. The summed E-state index contributed by atoms with van der Waals surface area (Å²) in [7, 11) is 0. The van der Waals surface area contributed by atoms with Crippen molar-refractivity contribution in [3.8, 4) is 5.82 Å². The lowest BCUT2D eigenvalue weighted by atomic mass is 10.2. The van der Waals surface area contributed by atoms with Crippen LogP contribution in [-0.4, -0.2) is 24.5 Å². The minimum absolute atomic E-state index is 0.715. The molecule has 0 aliphatic heterocycles. The van der Waals surface area contributed by atoms with Crippen LogP contribution < -0.4 is 5.32 Å². The van der Waals surface area contributed by atoms with Crippen LogP contribution in [0.15, 0.2) is 79.5 Å². The van der Waals surface area contributed by atoms with Crippen molar-refractivity contribution >= 4 is 0 Å². The number of rotatable bonds is 7. The molecule has 1 N–H and O–H groups in total. The van der Waals surface area contributed by atoms with Crippen molar-refractivity contribution in [2.75, 3.05) is 0 Å². The highest BCUT2D eigenvalue weighted by atomic mass is 15.3. The second-order valence-corrected chi connectivity index (χ2v) is 6.07. The van der Waals surface area contributed by atoms with Crippen molar-refractivity contribution in [2.45, 2.75) is 19.6 Å². The fourth-order valence-corrected chi connectivity index (χ4v) is 2.86. The van der Waals surface area contributed by atoms with Crippen LogP contribution in [0.1, 0.15) is 16.7 Å². The van der Waals surface area contributed by atoms with Crippen molar-refractivity contribution in [1.82, 2.24) is 29.9 Å². The molecule has 4 aromatic rings. The predicted molar refractivity (Wildman–Crippen MR) is 99.7 cm³/mol. The van der Waals surface area contributed by atoms with Gasteiger partial charge in [0.25, 0.3) is 0 Å². The van der Waals surface area contributed by atoms with Gasteiger partial charge in [-0.25, -0.2) is 9.67 Å². The van der Waals surface area contributed by atoms with E-state index in [1.807, 2.05) is 47.4 Å². The number of nitrogens with zero attached hydrogens (tertiary/aromatic N) is 5. The Hall–Kier alpha value is -3.25. The zero-order valence-corrected chi connectivity index (χ0v) is 14.4. The Morgan fingerprint density at radius 1 is 0.846 bits per heavy atom.